The number of Topliss-reactive ketones (excluding diaryl/α,β-unsaturated/α-hetero) is 1. The summed E-state index contributed by atoms with van der Waals surface area (Å²) in [6.45, 7) is 9.39. The van der Waals surface area contributed by atoms with Crippen LogP contribution in [-0.2, 0) is 16.1 Å². The number of nitrogen functional groups attached to an aromatic ring is 1. The van der Waals surface area contributed by atoms with Crippen molar-refractivity contribution in [3.05, 3.63) is 77.1 Å². The average Bonchev–Trinajstić information content (AvgIpc) is 3.85. The number of aryl methyl sites for hydroxylation is 1. The number of hydrogen-bond acceptors (Lipinski definition) is 11. The molecule has 0 atom stereocenters. The molecule has 3 aromatic heterocycles. The van der Waals surface area contributed by atoms with Gasteiger partial charge >= 0.3 is 0 Å². The summed E-state index contributed by atoms with van der Waals surface area (Å²) >= 11 is 1.44. The fraction of sp³-hybridized carbons (Fsp3) is 0.452. The maximum Gasteiger partial charge on any atom is 0.255 e. The number of rotatable bonds is 10. The molecule has 13 nitrogen and oxygen atoms in total. The van der Waals surface area contributed by atoms with Crippen LogP contribution in [0.15, 0.2) is 60.2 Å². The molecule has 0 radical (unpaired) electrons. The number of aromatic nitrogens is 5. The Morgan fingerprint density at radius 2 is 1.63 bits per heavy atom. The number of carbonyl (C=O) groups is 3. The van der Waals surface area contributed by atoms with Crippen molar-refractivity contribution in [2.45, 2.75) is 84.8 Å². The van der Waals surface area contributed by atoms with E-state index in [1.807, 2.05) is 50.4 Å². The van der Waals surface area contributed by atoms with Crippen molar-refractivity contribution in [2.75, 3.05) is 50.2 Å². The number of nitrogens with two attached hydrogens (primary N) is 1. The number of likely N-dealkylation sites (tertiary alicyclic amines) is 1. The van der Waals surface area contributed by atoms with Crippen molar-refractivity contribution < 1.29 is 18.8 Å². The van der Waals surface area contributed by atoms with Gasteiger partial charge in [-0.05, 0) is 109 Å². The number of nitrogens with zero attached hydrogens (tertiary/aromatic N) is 7. The van der Waals surface area contributed by atoms with Crippen LogP contribution in [0.1, 0.15) is 87.0 Å². The van der Waals surface area contributed by atoms with Crippen LogP contribution in [0, 0.1) is 12.8 Å². The normalized spacial score (nSPS) is 17.3. The van der Waals surface area contributed by atoms with Crippen molar-refractivity contribution in [1.82, 2.24) is 34.3 Å². The molecule has 2 amide bonds. The fourth-order valence-corrected chi connectivity index (χ4v) is 7.81. The lowest BCUT2D eigenvalue weighted by Crippen LogP contribution is -2.41. The molecule has 2 aliphatic rings. The summed E-state index contributed by atoms with van der Waals surface area (Å²) in [7, 11) is 4.32. The number of amides is 2. The third-order valence-corrected chi connectivity index (χ3v) is 11.1. The van der Waals surface area contributed by atoms with Gasteiger partial charge in [0.2, 0.25) is 5.91 Å². The van der Waals surface area contributed by atoms with E-state index in [4.69, 9.17) is 10.7 Å². The van der Waals surface area contributed by atoms with Crippen molar-refractivity contribution in [3.8, 4) is 11.4 Å². The topological polar surface area (TPSA) is 164 Å². The van der Waals surface area contributed by atoms with E-state index in [2.05, 4.69) is 66.2 Å². The summed E-state index contributed by atoms with van der Waals surface area (Å²) < 4.78 is 12.8. The third-order valence-electron chi connectivity index (χ3n) is 10.2. The van der Waals surface area contributed by atoms with Crippen LogP contribution in [0.25, 0.3) is 22.6 Å². The number of halogens is 1. The number of fused-ring (bicyclic) bond motifs is 1. The number of thiazole rings is 1. The highest BCUT2D eigenvalue weighted by molar-refractivity contribution is 7.13. The summed E-state index contributed by atoms with van der Waals surface area (Å²) in [6, 6.07) is 16.2. The molecule has 0 unspecified atom stereocenters. The maximum absolute atomic E-state index is 13.3. The minimum Gasteiger partial charge on any atom is -0.382 e. The lowest BCUT2D eigenvalue weighted by molar-refractivity contribution is -0.121. The summed E-state index contributed by atoms with van der Waals surface area (Å²) in [6.07, 6.45) is 7.27. The van der Waals surface area contributed by atoms with Crippen LogP contribution in [0.5, 0.6) is 0 Å². The Kier molecular flexibility index (Phi) is 15.4. The summed E-state index contributed by atoms with van der Waals surface area (Å²) in [5, 5.41) is 8.58. The first-order valence-electron chi connectivity index (χ1n) is 19.6. The van der Waals surface area contributed by atoms with Crippen molar-refractivity contribution in [3.63, 3.8) is 0 Å². The van der Waals surface area contributed by atoms with Gasteiger partial charge in [0, 0.05) is 46.7 Å². The molecule has 1 saturated carbocycles. The molecule has 7 rings (SSSR count). The van der Waals surface area contributed by atoms with Gasteiger partial charge in [0.25, 0.3) is 5.91 Å². The van der Waals surface area contributed by atoms with Gasteiger partial charge in [0.15, 0.2) is 28.2 Å². The number of carbonyl (C=O) groups excluding carboxylic acids is 3. The highest BCUT2D eigenvalue weighted by Crippen LogP contribution is 2.35. The highest BCUT2D eigenvalue weighted by atomic mass is 32.1. The number of benzene rings is 2. The van der Waals surface area contributed by atoms with Gasteiger partial charge in [0.1, 0.15) is 12.2 Å². The molecule has 304 valence electrons. The maximum atomic E-state index is 13.3. The first-order chi connectivity index (χ1) is 27.5. The Hall–Kier alpha value is -5.12. The summed E-state index contributed by atoms with van der Waals surface area (Å²) in [5.41, 5.74) is 11.6. The third kappa shape index (κ3) is 11.5. The van der Waals surface area contributed by atoms with Gasteiger partial charge in [-0.25, -0.2) is 24.3 Å². The second-order valence-electron chi connectivity index (χ2n) is 14.6. The quantitative estimate of drug-likeness (QED) is 0.128. The Morgan fingerprint density at radius 3 is 2.25 bits per heavy atom. The molecular weight excluding hydrogens is 744 g/mol. The van der Waals surface area contributed by atoms with Gasteiger partial charge in [-0.3, -0.25) is 19.3 Å². The second kappa shape index (κ2) is 20.3. The monoisotopic (exact) mass is 798 g/mol. The predicted molar refractivity (Wildman–Crippen MR) is 226 cm³/mol. The molecule has 1 saturated heterocycles. The van der Waals surface area contributed by atoms with E-state index in [1.54, 1.807) is 18.5 Å². The summed E-state index contributed by atoms with van der Waals surface area (Å²) in [5.74, 6) is 0.0443. The number of alkyl halides is 1. The van der Waals surface area contributed by atoms with Crippen LogP contribution >= 0.6 is 11.3 Å². The van der Waals surface area contributed by atoms with Crippen molar-refractivity contribution in [1.29, 1.82) is 0 Å². The Labute approximate surface area is 338 Å². The van der Waals surface area contributed by atoms with E-state index in [0.717, 1.165) is 56.7 Å². The van der Waals surface area contributed by atoms with Crippen molar-refractivity contribution in [2.24, 2.45) is 5.92 Å². The van der Waals surface area contributed by atoms with Gasteiger partial charge in [-0.1, -0.05) is 38.1 Å². The number of hydrogen-bond donors (Lipinski definition) is 3. The Balaban J connectivity index is 0.000000823. The molecule has 4 N–H and O–H groups in total. The van der Waals surface area contributed by atoms with E-state index < -0.39 is 12.5 Å². The molecule has 1 aliphatic heterocycles. The van der Waals surface area contributed by atoms with Gasteiger partial charge < -0.3 is 25.8 Å². The smallest absolute Gasteiger partial charge is 0.255 e. The number of imidazole rings is 1. The molecule has 2 fully saturated rings. The van der Waals surface area contributed by atoms with Crippen LogP contribution in [-0.4, -0.2) is 91.8 Å². The zero-order valence-corrected chi connectivity index (χ0v) is 34.6. The van der Waals surface area contributed by atoms with Crippen LogP contribution in [0.4, 0.5) is 21.0 Å². The number of nitrogens with one attached hydrogen (secondary N) is 2. The molecule has 57 heavy (non-hydrogen) atoms. The SMILES string of the molecule is CC.CC(=O)CF.Cc1csc(NC(=O)C2CCC(n3cnc4c(N)nc(-c5cccc(C(=O)Nc6ccc(CN7CCC(N(C)C)CC7)cc6)c5)nc43)CC2)n1. The van der Waals surface area contributed by atoms with Crippen LogP contribution < -0.4 is 16.4 Å². The van der Waals surface area contributed by atoms with Gasteiger partial charge in [0.05, 0.1) is 12.0 Å². The standard InChI is InChI=1S/C37H44N10O2S.C3H5FO.C2H6/c1-23-21-50-37(40-23)44-35(48)25-9-13-30(14-10-25)47-22-39-31-32(38)42-33(43-34(31)47)26-5-4-6-27(19-26)36(49)41-28-11-7-24(8-12-28)20-46-17-15-29(16-18-46)45(2)3;1-3(5)2-4;1-2/h4-8,11-12,19,21-22,25,29-30H,9-10,13-18,20H2,1-3H3,(H,41,49)(H2,38,42,43)(H,40,44,48);2H2,1H3;1-2H3. The highest BCUT2D eigenvalue weighted by Gasteiger charge is 2.29. The lowest BCUT2D eigenvalue weighted by atomic mass is 9.85. The molecule has 15 heteroatoms. The fourth-order valence-electron chi connectivity index (χ4n) is 7.12. The Bertz CT molecular complexity index is 2100. The van der Waals surface area contributed by atoms with E-state index in [9.17, 15) is 18.8 Å². The van der Waals surface area contributed by atoms with Crippen LogP contribution in [0.2, 0.25) is 0 Å². The minimum absolute atomic E-state index is 0.0227. The van der Waals surface area contributed by atoms with Gasteiger partial charge in [-0.15, -0.1) is 11.3 Å². The molecule has 2 aromatic carbocycles. The predicted octanol–water partition coefficient (Wildman–Crippen LogP) is 7.56. The first kappa shape index (κ1) is 43.0. The second-order valence-corrected chi connectivity index (χ2v) is 15.4. The van der Waals surface area contributed by atoms with Crippen LogP contribution in [0.3, 0.4) is 0 Å². The molecule has 0 spiro atoms. The lowest BCUT2D eigenvalue weighted by Gasteiger charge is -2.35. The number of ketones is 1. The molecular formula is C42H55FN10O3S. The van der Waals surface area contributed by atoms with E-state index in [-0.39, 0.29) is 29.6 Å². The number of piperidine rings is 1. The average molecular weight is 799 g/mol. The largest absolute Gasteiger partial charge is 0.382 e. The van der Waals surface area contributed by atoms with Crippen molar-refractivity contribution >= 4 is 56.7 Å². The molecule has 4 heterocycles. The van der Waals surface area contributed by atoms with E-state index in [0.29, 0.717) is 39.3 Å². The molecule has 5 aromatic rings. The number of anilines is 3. The van der Waals surface area contributed by atoms with E-state index in [1.165, 1.54) is 36.7 Å². The Morgan fingerprint density at radius 1 is 0.947 bits per heavy atom. The van der Waals surface area contributed by atoms with E-state index >= 15 is 0 Å². The molecule has 1 aliphatic carbocycles. The zero-order chi connectivity index (χ0) is 41.1. The molecule has 0 bridgehead atoms. The minimum atomic E-state index is -0.833. The first-order valence-corrected chi connectivity index (χ1v) is 20.5. The zero-order valence-electron chi connectivity index (χ0n) is 33.8. The summed E-state index contributed by atoms with van der Waals surface area (Å²) in [4.78, 5) is 58.8. The van der Waals surface area contributed by atoms with Gasteiger partial charge in [-0.2, -0.15) is 0 Å².